The monoisotopic (exact) mass is 421 g/mol. The fourth-order valence-electron chi connectivity index (χ4n) is 4.54. The molecular weight excluding hydrogens is 390 g/mol. The van der Waals surface area contributed by atoms with E-state index < -0.39 is 0 Å². The van der Waals surface area contributed by atoms with Crippen molar-refractivity contribution in [2.75, 3.05) is 40.3 Å². The normalized spacial score (nSPS) is 15.5. The summed E-state index contributed by atoms with van der Waals surface area (Å²) in [7, 11) is 8.93. The van der Waals surface area contributed by atoms with E-state index in [0.29, 0.717) is 29.8 Å². The van der Waals surface area contributed by atoms with Crippen LogP contribution in [-0.4, -0.2) is 40.4 Å². The highest BCUT2D eigenvalue weighted by Crippen LogP contribution is 2.44. The molecule has 6 nitrogen and oxygen atoms in total. The number of anilines is 1. The lowest BCUT2D eigenvalue weighted by molar-refractivity contribution is 0.327. The Bertz CT molecular complexity index is 1080. The third-order valence-corrected chi connectivity index (χ3v) is 6.01. The van der Waals surface area contributed by atoms with Crippen molar-refractivity contribution >= 4 is 16.7 Å². The molecule has 0 spiro atoms. The summed E-state index contributed by atoms with van der Waals surface area (Å²) in [6.07, 6.45) is 3.51. The summed E-state index contributed by atoms with van der Waals surface area (Å²) in [4.78, 5) is 7.00. The summed E-state index contributed by atoms with van der Waals surface area (Å²) in [5.41, 5.74) is 4.79. The van der Waals surface area contributed by atoms with Crippen LogP contribution in [0.2, 0.25) is 0 Å². The summed E-state index contributed by atoms with van der Waals surface area (Å²) >= 11 is 0. The molecule has 6 heteroatoms. The van der Waals surface area contributed by atoms with Crippen molar-refractivity contribution in [1.82, 2.24) is 10.3 Å². The lowest BCUT2D eigenvalue weighted by atomic mass is 9.87. The average Bonchev–Trinajstić information content (AvgIpc) is 2.80. The average molecular weight is 422 g/mol. The van der Waals surface area contributed by atoms with Crippen LogP contribution >= 0.6 is 0 Å². The molecule has 2 aromatic carbocycles. The Hall–Kier alpha value is -2.99. The number of aromatic nitrogens is 1. The molecule has 0 saturated carbocycles. The third kappa shape index (κ3) is 4.00. The van der Waals surface area contributed by atoms with E-state index in [1.165, 1.54) is 17.5 Å². The Morgan fingerprint density at radius 1 is 1.03 bits per heavy atom. The van der Waals surface area contributed by atoms with Crippen molar-refractivity contribution in [3.05, 3.63) is 53.1 Å². The minimum Gasteiger partial charge on any atom is -0.493 e. The number of methoxy groups -OCH3 is 3. The number of pyridine rings is 1. The molecule has 0 amide bonds. The van der Waals surface area contributed by atoms with E-state index >= 15 is 0 Å². The van der Waals surface area contributed by atoms with Crippen LogP contribution in [0.4, 0.5) is 5.82 Å². The topological polar surface area (TPSA) is 55.9 Å². The van der Waals surface area contributed by atoms with Gasteiger partial charge in [-0.3, -0.25) is 0 Å². The number of hydrogen-bond acceptors (Lipinski definition) is 6. The number of hydrogen-bond donors (Lipinski definition) is 1. The third-order valence-electron chi connectivity index (χ3n) is 6.01. The SMILES string of the molecule is COc1cc2nc(N(C)C)c(CN[C@@H]3CCCc4ccccc43)cc2c(OC)c1OC. The van der Waals surface area contributed by atoms with E-state index in [-0.39, 0.29) is 0 Å². The maximum atomic E-state index is 5.71. The van der Waals surface area contributed by atoms with Gasteiger partial charge in [-0.05, 0) is 36.5 Å². The van der Waals surface area contributed by atoms with Crippen LogP contribution in [0.5, 0.6) is 17.2 Å². The van der Waals surface area contributed by atoms with Crippen LogP contribution in [0.3, 0.4) is 0 Å². The van der Waals surface area contributed by atoms with Crippen molar-refractivity contribution in [2.24, 2.45) is 0 Å². The molecule has 0 saturated heterocycles. The maximum Gasteiger partial charge on any atom is 0.204 e. The zero-order valence-corrected chi connectivity index (χ0v) is 19.0. The van der Waals surface area contributed by atoms with E-state index in [1.807, 2.05) is 20.2 Å². The van der Waals surface area contributed by atoms with Gasteiger partial charge in [-0.2, -0.15) is 0 Å². The predicted molar refractivity (Wildman–Crippen MR) is 125 cm³/mol. The van der Waals surface area contributed by atoms with Crippen LogP contribution in [0.1, 0.15) is 35.6 Å². The Kier molecular flexibility index (Phi) is 6.18. The molecule has 164 valence electrons. The molecule has 1 atom stereocenters. The fourth-order valence-corrected chi connectivity index (χ4v) is 4.54. The molecule has 0 aliphatic heterocycles. The van der Waals surface area contributed by atoms with Crippen molar-refractivity contribution in [3.63, 3.8) is 0 Å². The van der Waals surface area contributed by atoms with Crippen molar-refractivity contribution in [3.8, 4) is 17.2 Å². The second kappa shape index (κ2) is 9.02. The Morgan fingerprint density at radius 3 is 2.52 bits per heavy atom. The largest absolute Gasteiger partial charge is 0.493 e. The molecule has 0 bridgehead atoms. The second-order valence-corrected chi connectivity index (χ2v) is 8.10. The molecule has 0 radical (unpaired) electrons. The van der Waals surface area contributed by atoms with Gasteiger partial charge in [0.25, 0.3) is 0 Å². The predicted octanol–water partition coefficient (Wildman–Crippen LogP) is 4.49. The number of nitrogens with zero attached hydrogens (tertiary/aromatic N) is 2. The number of aryl methyl sites for hydroxylation is 1. The number of benzene rings is 2. The zero-order chi connectivity index (χ0) is 22.0. The summed E-state index contributed by atoms with van der Waals surface area (Å²) in [6, 6.07) is 13.2. The van der Waals surface area contributed by atoms with Crippen molar-refractivity contribution in [1.29, 1.82) is 0 Å². The van der Waals surface area contributed by atoms with Gasteiger partial charge >= 0.3 is 0 Å². The highest BCUT2D eigenvalue weighted by Gasteiger charge is 2.22. The lowest BCUT2D eigenvalue weighted by Crippen LogP contribution is -2.26. The maximum absolute atomic E-state index is 5.71. The van der Waals surface area contributed by atoms with Crippen LogP contribution in [0.15, 0.2) is 36.4 Å². The van der Waals surface area contributed by atoms with Crippen LogP contribution in [-0.2, 0) is 13.0 Å². The molecule has 1 aliphatic carbocycles. The first kappa shape index (κ1) is 21.2. The minimum atomic E-state index is 0.350. The summed E-state index contributed by atoms with van der Waals surface area (Å²) in [6.45, 7) is 0.715. The van der Waals surface area contributed by atoms with Gasteiger partial charge in [-0.1, -0.05) is 24.3 Å². The molecule has 1 aromatic heterocycles. The highest BCUT2D eigenvalue weighted by molar-refractivity contribution is 5.92. The van der Waals surface area contributed by atoms with E-state index in [0.717, 1.165) is 35.1 Å². The van der Waals surface area contributed by atoms with E-state index in [9.17, 15) is 0 Å². The lowest BCUT2D eigenvalue weighted by Gasteiger charge is -2.27. The first-order valence-electron chi connectivity index (χ1n) is 10.7. The fraction of sp³-hybridized carbons (Fsp3) is 0.400. The van der Waals surface area contributed by atoms with Gasteiger partial charge in [0.2, 0.25) is 5.75 Å². The van der Waals surface area contributed by atoms with Gasteiger partial charge in [0.15, 0.2) is 11.5 Å². The zero-order valence-electron chi connectivity index (χ0n) is 19.0. The van der Waals surface area contributed by atoms with Crippen LogP contribution < -0.4 is 24.4 Å². The number of fused-ring (bicyclic) bond motifs is 2. The number of ether oxygens (including phenoxy) is 3. The highest BCUT2D eigenvalue weighted by atomic mass is 16.5. The van der Waals surface area contributed by atoms with Gasteiger partial charge in [0.05, 0.1) is 26.8 Å². The minimum absolute atomic E-state index is 0.350. The Balaban J connectivity index is 1.74. The van der Waals surface area contributed by atoms with E-state index in [2.05, 4.69) is 40.5 Å². The molecular formula is C25H31N3O3. The molecule has 1 N–H and O–H groups in total. The van der Waals surface area contributed by atoms with Gasteiger partial charge in [-0.15, -0.1) is 0 Å². The standard InChI is InChI=1S/C25H31N3O3/c1-28(2)25-17(15-26-20-12-8-10-16-9-6-7-11-18(16)20)13-19-21(27-25)14-22(29-3)24(31-5)23(19)30-4/h6-7,9,11,13-14,20,26H,8,10,12,15H2,1-5H3/t20-/m1/s1. The van der Waals surface area contributed by atoms with E-state index in [1.54, 1.807) is 21.3 Å². The van der Waals surface area contributed by atoms with E-state index in [4.69, 9.17) is 19.2 Å². The molecule has 1 aliphatic rings. The molecule has 0 fully saturated rings. The number of nitrogens with one attached hydrogen (secondary N) is 1. The molecule has 1 heterocycles. The Labute approximate surface area is 184 Å². The summed E-state index contributed by atoms with van der Waals surface area (Å²) in [5, 5.41) is 4.69. The molecule has 0 unspecified atom stereocenters. The first-order valence-corrected chi connectivity index (χ1v) is 10.7. The van der Waals surface area contributed by atoms with Gasteiger partial charge < -0.3 is 24.4 Å². The smallest absolute Gasteiger partial charge is 0.204 e. The Morgan fingerprint density at radius 2 is 1.81 bits per heavy atom. The van der Waals surface area contributed by atoms with Crippen molar-refractivity contribution < 1.29 is 14.2 Å². The van der Waals surface area contributed by atoms with Gasteiger partial charge in [0.1, 0.15) is 5.82 Å². The van der Waals surface area contributed by atoms with Crippen LogP contribution in [0, 0.1) is 0 Å². The number of rotatable bonds is 7. The molecule has 4 rings (SSSR count). The second-order valence-electron chi connectivity index (χ2n) is 8.10. The van der Waals surface area contributed by atoms with Gasteiger partial charge in [-0.25, -0.2) is 4.98 Å². The van der Waals surface area contributed by atoms with Crippen molar-refractivity contribution in [2.45, 2.75) is 31.8 Å². The first-order chi connectivity index (χ1) is 15.1. The summed E-state index contributed by atoms with van der Waals surface area (Å²) < 4.78 is 16.8. The van der Waals surface area contributed by atoms with Gasteiger partial charge in [0, 0.05) is 43.7 Å². The van der Waals surface area contributed by atoms with Crippen LogP contribution in [0.25, 0.3) is 10.9 Å². The summed E-state index contributed by atoms with van der Waals surface area (Å²) in [5.74, 6) is 2.75. The quantitative estimate of drug-likeness (QED) is 0.607. The molecule has 3 aromatic rings. The molecule has 31 heavy (non-hydrogen) atoms.